The Balaban J connectivity index is 2.24. The molecule has 2 heterocycles. The van der Waals surface area contributed by atoms with E-state index in [1.807, 2.05) is 0 Å². The molecular formula is C10H9NO2. The van der Waals surface area contributed by atoms with E-state index in [0.717, 1.165) is 42.2 Å². The number of rotatable bonds is 0. The van der Waals surface area contributed by atoms with Crippen molar-refractivity contribution < 1.29 is 9.21 Å². The number of carbonyl (C=O) groups excluding carboxylic acids is 1. The first-order valence-electron chi connectivity index (χ1n) is 4.48. The molecule has 1 aliphatic heterocycles. The fourth-order valence-corrected chi connectivity index (χ4v) is 1.92. The van der Waals surface area contributed by atoms with E-state index < -0.39 is 0 Å². The molecule has 0 spiro atoms. The third kappa shape index (κ3) is 0.813. The maximum atomic E-state index is 11.4. The summed E-state index contributed by atoms with van der Waals surface area (Å²) in [6, 6.07) is 0. The third-order valence-electron chi connectivity index (χ3n) is 2.52. The van der Waals surface area contributed by atoms with Crippen molar-refractivity contribution >= 4 is 17.5 Å². The Kier molecular flexibility index (Phi) is 1.20. The predicted octanol–water partition coefficient (Wildman–Crippen LogP) is 1.85. The van der Waals surface area contributed by atoms with Crippen LogP contribution in [0.3, 0.4) is 0 Å². The first kappa shape index (κ1) is 6.95. The minimum absolute atomic E-state index is 0.0643. The van der Waals surface area contributed by atoms with E-state index in [-0.39, 0.29) is 5.78 Å². The summed E-state index contributed by atoms with van der Waals surface area (Å²) in [5.41, 5.74) is 1.66. The molecule has 2 aliphatic rings. The maximum Gasteiger partial charge on any atom is 0.191 e. The number of fused-ring (bicyclic) bond motifs is 3. The molecular weight excluding hydrogens is 166 g/mol. The van der Waals surface area contributed by atoms with Gasteiger partial charge in [-0.1, -0.05) is 0 Å². The topological polar surface area (TPSA) is 42.2 Å². The van der Waals surface area contributed by atoms with E-state index in [1.54, 1.807) is 12.2 Å². The Morgan fingerprint density at radius 1 is 1.38 bits per heavy atom. The minimum atomic E-state index is 0.0643. The molecule has 0 saturated heterocycles. The first-order chi connectivity index (χ1) is 6.36. The summed E-state index contributed by atoms with van der Waals surface area (Å²) >= 11 is 0. The van der Waals surface area contributed by atoms with Gasteiger partial charge in [-0.3, -0.25) is 4.79 Å². The van der Waals surface area contributed by atoms with Crippen LogP contribution in [-0.4, -0.2) is 12.3 Å². The monoisotopic (exact) mass is 175 g/mol. The SMILES string of the molecule is O=C1C=Cc2oc3c(c21)NCCC3. The lowest BCUT2D eigenvalue weighted by Crippen LogP contribution is -2.11. The third-order valence-corrected chi connectivity index (χ3v) is 2.52. The summed E-state index contributed by atoms with van der Waals surface area (Å²) < 4.78 is 5.55. The van der Waals surface area contributed by atoms with Crippen molar-refractivity contribution in [2.24, 2.45) is 0 Å². The van der Waals surface area contributed by atoms with Gasteiger partial charge in [-0.25, -0.2) is 0 Å². The van der Waals surface area contributed by atoms with Gasteiger partial charge < -0.3 is 9.73 Å². The van der Waals surface area contributed by atoms with Gasteiger partial charge in [0.2, 0.25) is 0 Å². The van der Waals surface area contributed by atoms with Crippen LogP contribution >= 0.6 is 0 Å². The van der Waals surface area contributed by atoms with Gasteiger partial charge >= 0.3 is 0 Å². The highest BCUT2D eigenvalue weighted by Crippen LogP contribution is 2.35. The highest BCUT2D eigenvalue weighted by Gasteiger charge is 2.27. The highest BCUT2D eigenvalue weighted by atomic mass is 16.3. The molecule has 1 aliphatic carbocycles. The standard InChI is InChI=1S/C10H9NO2/c12-6-3-4-7-9(6)10-8(13-7)2-1-5-11-10/h3-4,11H,1-2,5H2. The summed E-state index contributed by atoms with van der Waals surface area (Å²) in [4.78, 5) is 11.4. The molecule has 3 rings (SSSR count). The molecule has 0 saturated carbocycles. The van der Waals surface area contributed by atoms with Crippen molar-refractivity contribution in [2.75, 3.05) is 11.9 Å². The van der Waals surface area contributed by atoms with Crippen molar-refractivity contribution in [3.8, 4) is 0 Å². The zero-order chi connectivity index (χ0) is 8.84. The fourth-order valence-electron chi connectivity index (χ4n) is 1.92. The van der Waals surface area contributed by atoms with Gasteiger partial charge in [-0.15, -0.1) is 0 Å². The Labute approximate surface area is 75.4 Å². The highest BCUT2D eigenvalue weighted by molar-refractivity contribution is 6.16. The zero-order valence-corrected chi connectivity index (χ0v) is 7.09. The molecule has 0 aromatic carbocycles. The molecule has 0 unspecified atom stereocenters. The van der Waals surface area contributed by atoms with Crippen LogP contribution < -0.4 is 5.32 Å². The molecule has 66 valence electrons. The van der Waals surface area contributed by atoms with E-state index in [2.05, 4.69) is 5.32 Å². The van der Waals surface area contributed by atoms with Gasteiger partial charge in [0.25, 0.3) is 0 Å². The molecule has 0 radical (unpaired) electrons. The number of allylic oxidation sites excluding steroid dienone is 1. The van der Waals surface area contributed by atoms with Crippen LogP contribution in [0.1, 0.15) is 28.3 Å². The van der Waals surface area contributed by atoms with Crippen LogP contribution in [0.5, 0.6) is 0 Å². The second-order valence-electron chi connectivity index (χ2n) is 3.37. The van der Waals surface area contributed by atoms with E-state index in [9.17, 15) is 4.79 Å². The number of ketones is 1. The second-order valence-corrected chi connectivity index (χ2v) is 3.37. The zero-order valence-electron chi connectivity index (χ0n) is 7.09. The number of nitrogens with one attached hydrogen (secondary N) is 1. The minimum Gasteiger partial charge on any atom is -0.459 e. The normalized spacial score (nSPS) is 18.3. The lowest BCUT2D eigenvalue weighted by molar-refractivity contribution is 0.105. The largest absolute Gasteiger partial charge is 0.459 e. The van der Waals surface area contributed by atoms with Crippen LogP contribution in [-0.2, 0) is 6.42 Å². The van der Waals surface area contributed by atoms with E-state index >= 15 is 0 Å². The van der Waals surface area contributed by atoms with Crippen molar-refractivity contribution in [1.29, 1.82) is 0 Å². The molecule has 1 aromatic rings. The van der Waals surface area contributed by atoms with Crippen molar-refractivity contribution in [3.63, 3.8) is 0 Å². The summed E-state index contributed by atoms with van der Waals surface area (Å²) in [5, 5.41) is 3.22. The number of furan rings is 1. The van der Waals surface area contributed by atoms with Crippen LogP contribution in [0.25, 0.3) is 6.08 Å². The van der Waals surface area contributed by atoms with Crippen molar-refractivity contribution in [1.82, 2.24) is 0 Å². The summed E-state index contributed by atoms with van der Waals surface area (Å²) in [6.07, 6.45) is 5.33. The molecule has 1 aromatic heterocycles. The number of hydrogen-bond donors (Lipinski definition) is 1. The maximum absolute atomic E-state index is 11.4. The Morgan fingerprint density at radius 3 is 3.23 bits per heavy atom. The van der Waals surface area contributed by atoms with Crippen molar-refractivity contribution in [2.45, 2.75) is 12.8 Å². The number of aryl methyl sites for hydroxylation is 1. The van der Waals surface area contributed by atoms with Crippen LogP contribution in [0.15, 0.2) is 10.5 Å². The van der Waals surface area contributed by atoms with E-state index in [4.69, 9.17) is 4.42 Å². The Hall–Kier alpha value is -1.51. The predicted molar refractivity (Wildman–Crippen MR) is 48.9 cm³/mol. The van der Waals surface area contributed by atoms with Gasteiger partial charge in [0, 0.05) is 13.0 Å². The fraction of sp³-hybridized carbons (Fsp3) is 0.300. The van der Waals surface area contributed by atoms with E-state index in [0.29, 0.717) is 0 Å². The Bertz CT molecular complexity index is 415. The average Bonchev–Trinajstić information content (AvgIpc) is 2.66. The molecule has 13 heavy (non-hydrogen) atoms. The van der Waals surface area contributed by atoms with Gasteiger partial charge in [0.15, 0.2) is 5.78 Å². The number of hydrogen-bond acceptors (Lipinski definition) is 3. The number of anilines is 1. The molecule has 0 fully saturated rings. The van der Waals surface area contributed by atoms with Gasteiger partial charge in [0.05, 0.1) is 11.3 Å². The lowest BCUT2D eigenvalue weighted by Gasteiger charge is -2.12. The number of carbonyl (C=O) groups is 1. The van der Waals surface area contributed by atoms with E-state index in [1.165, 1.54) is 0 Å². The lowest BCUT2D eigenvalue weighted by atomic mass is 10.1. The Morgan fingerprint density at radius 2 is 2.31 bits per heavy atom. The molecule has 3 heteroatoms. The molecule has 0 bridgehead atoms. The average molecular weight is 175 g/mol. The quantitative estimate of drug-likeness (QED) is 0.654. The smallest absolute Gasteiger partial charge is 0.191 e. The molecule has 0 amide bonds. The van der Waals surface area contributed by atoms with Crippen LogP contribution in [0, 0.1) is 0 Å². The summed E-state index contributed by atoms with van der Waals surface area (Å²) in [5.74, 6) is 1.73. The first-order valence-corrected chi connectivity index (χ1v) is 4.48. The summed E-state index contributed by atoms with van der Waals surface area (Å²) in [7, 11) is 0. The van der Waals surface area contributed by atoms with Gasteiger partial charge in [-0.05, 0) is 18.6 Å². The van der Waals surface area contributed by atoms with Gasteiger partial charge in [-0.2, -0.15) is 0 Å². The molecule has 0 atom stereocenters. The van der Waals surface area contributed by atoms with Crippen LogP contribution in [0.2, 0.25) is 0 Å². The van der Waals surface area contributed by atoms with Crippen molar-refractivity contribution in [3.05, 3.63) is 23.2 Å². The second kappa shape index (κ2) is 2.25. The molecule has 1 N–H and O–H groups in total. The van der Waals surface area contributed by atoms with Crippen LogP contribution in [0.4, 0.5) is 5.69 Å². The molecule has 3 nitrogen and oxygen atoms in total. The summed E-state index contributed by atoms with van der Waals surface area (Å²) in [6.45, 7) is 0.937. The van der Waals surface area contributed by atoms with Gasteiger partial charge in [0.1, 0.15) is 11.5 Å².